The van der Waals surface area contributed by atoms with Gasteiger partial charge in [-0.15, -0.1) is 0 Å². The van der Waals surface area contributed by atoms with Gasteiger partial charge >= 0.3 is 6.03 Å². The number of para-hydroxylation sites is 1. The van der Waals surface area contributed by atoms with Gasteiger partial charge in [-0.2, -0.15) is 0 Å². The Morgan fingerprint density at radius 3 is 2.91 bits per heavy atom. The van der Waals surface area contributed by atoms with Gasteiger partial charge in [0.15, 0.2) is 0 Å². The van der Waals surface area contributed by atoms with Crippen LogP contribution in [0, 0.1) is 0 Å². The lowest BCUT2D eigenvalue weighted by atomic mass is 10.0. The SMILES string of the molecule is C[C@H](CN1CCOCC1)NC(=O)N[C@H]1CCOc2ccccc21. The van der Waals surface area contributed by atoms with Gasteiger partial charge in [-0.1, -0.05) is 18.2 Å². The number of morpholine rings is 1. The van der Waals surface area contributed by atoms with E-state index in [0.717, 1.165) is 50.6 Å². The average molecular weight is 319 g/mol. The predicted octanol–water partition coefficient (Wildman–Crippen LogP) is 1.53. The summed E-state index contributed by atoms with van der Waals surface area (Å²) in [5.41, 5.74) is 1.05. The molecule has 2 N–H and O–H groups in total. The van der Waals surface area contributed by atoms with Gasteiger partial charge < -0.3 is 20.1 Å². The largest absolute Gasteiger partial charge is 0.493 e. The molecule has 0 aromatic heterocycles. The minimum atomic E-state index is -0.118. The molecule has 2 aliphatic rings. The molecular formula is C17H25N3O3. The van der Waals surface area contributed by atoms with E-state index in [0.29, 0.717) is 6.61 Å². The predicted molar refractivity (Wildman–Crippen MR) is 87.7 cm³/mol. The van der Waals surface area contributed by atoms with E-state index in [9.17, 15) is 4.79 Å². The van der Waals surface area contributed by atoms with Gasteiger partial charge in [-0.3, -0.25) is 4.90 Å². The van der Waals surface area contributed by atoms with E-state index < -0.39 is 0 Å². The zero-order valence-corrected chi connectivity index (χ0v) is 13.6. The fourth-order valence-electron chi connectivity index (χ4n) is 3.13. The van der Waals surface area contributed by atoms with Crippen LogP contribution >= 0.6 is 0 Å². The minimum absolute atomic E-state index is 0.00976. The van der Waals surface area contributed by atoms with Gasteiger partial charge in [0, 0.05) is 37.7 Å². The Kier molecular flexibility index (Phi) is 5.35. The van der Waals surface area contributed by atoms with Gasteiger partial charge in [0.25, 0.3) is 0 Å². The summed E-state index contributed by atoms with van der Waals surface area (Å²) >= 11 is 0. The second-order valence-electron chi connectivity index (χ2n) is 6.16. The standard InChI is InChI=1S/C17H25N3O3/c1-13(12-20-7-10-22-11-8-20)18-17(21)19-15-6-9-23-16-5-3-2-4-14(15)16/h2-5,13,15H,6-12H2,1H3,(H2,18,19,21)/t13-,15+/m1/s1. The van der Waals surface area contributed by atoms with Crippen LogP contribution in [0.25, 0.3) is 0 Å². The lowest BCUT2D eigenvalue weighted by Crippen LogP contribution is -2.49. The lowest BCUT2D eigenvalue weighted by Gasteiger charge is -2.30. The molecule has 0 aliphatic carbocycles. The first-order valence-electron chi connectivity index (χ1n) is 8.31. The molecule has 0 unspecified atom stereocenters. The lowest BCUT2D eigenvalue weighted by molar-refractivity contribution is 0.0349. The van der Waals surface area contributed by atoms with E-state index in [4.69, 9.17) is 9.47 Å². The quantitative estimate of drug-likeness (QED) is 0.883. The van der Waals surface area contributed by atoms with Crippen LogP contribution in [0.2, 0.25) is 0 Å². The summed E-state index contributed by atoms with van der Waals surface area (Å²) in [4.78, 5) is 14.6. The number of rotatable bonds is 4. The Hall–Kier alpha value is -1.79. The third-order valence-corrected chi connectivity index (χ3v) is 4.28. The van der Waals surface area contributed by atoms with Crippen molar-refractivity contribution in [2.75, 3.05) is 39.5 Å². The monoisotopic (exact) mass is 319 g/mol. The maximum Gasteiger partial charge on any atom is 0.315 e. The number of carbonyl (C=O) groups is 1. The maximum atomic E-state index is 12.3. The second-order valence-corrected chi connectivity index (χ2v) is 6.16. The second kappa shape index (κ2) is 7.66. The summed E-state index contributed by atoms with van der Waals surface area (Å²) in [7, 11) is 0. The Bertz CT molecular complexity index is 532. The van der Waals surface area contributed by atoms with Crippen molar-refractivity contribution in [3.8, 4) is 5.75 Å². The van der Waals surface area contributed by atoms with Crippen LogP contribution in [0.3, 0.4) is 0 Å². The number of hydrogen-bond donors (Lipinski definition) is 2. The van der Waals surface area contributed by atoms with E-state index in [1.807, 2.05) is 31.2 Å². The highest BCUT2D eigenvalue weighted by Gasteiger charge is 2.23. The molecule has 1 saturated heterocycles. The molecule has 6 heteroatoms. The van der Waals surface area contributed by atoms with Crippen molar-refractivity contribution >= 4 is 6.03 Å². The van der Waals surface area contributed by atoms with Crippen LogP contribution in [0.4, 0.5) is 4.79 Å². The summed E-state index contributed by atoms with van der Waals surface area (Å²) in [5.74, 6) is 0.866. The van der Waals surface area contributed by atoms with Crippen molar-refractivity contribution in [2.45, 2.75) is 25.4 Å². The summed E-state index contributed by atoms with van der Waals surface area (Å²) in [6.45, 7) is 6.93. The Morgan fingerprint density at radius 2 is 2.09 bits per heavy atom. The van der Waals surface area contributed by atoms with E-state index >= 15 is 0 Å². The van der Waals surface area contributed by atoms with E-state index in [1.165, 1.54) is 0 Å². The summed E-state index contributed by atoms with van der Waals surface area (Å²) < 4.78 is 11.0. The zero-order valence-electron chi connectivity index (χ0n) is 13.6. The number of hydrogen-bond acceptors (Lipinski definition) is 4. The number of nitrogens with one attached hydrogen (secondary N) is 2. The topological polar surface area (TPSA) is 62.8 Å². The zero-order chi connectivity index (χ0) is 16.1. The molecule has 2 amide bonds. The van der Waals surface area contributed by atoms with Crippen LogP contribution in [-0.4, -0.2) is 56.4 Å². The fourth-order valence-corrected chi connectivity index (χ4v) is 3.13. The Labute approximate surface area is 137 Å². The molecule has 1 aromatic carbocycles. The van der Waals surface area contributed by atoms with Gasteiger partial charge in [-0.05, 0) is 13.0 Å². The molecule has 2 atom stereocenters. The van der Waals surface area contributed by atoms with E-state index in [2.05, 4.69) is 15.5 Å². The molecule has 0 bridgehead atoms. The average Bonchev–Trinajstić information content (AvgIpc) is 2.56. The van der Waals surface area contributed by atoms with Crippen molar-refractivity contribution in [1.29, 1.82) is 0 Å². The molecule has 0 spiro atoms. The smallest absolute Gasteiger partial charge is 0.315 e. The van der Waals surface area contributed by atoms with Crippen LogP contribution in [0.5, 0.6) is 5.75 Å². The number of amides is 2. The molecule has 0 radical (unpaired) electrons. The molecule has 2 aliphatic heterocycles. The third kappa shape index (κ3) is 4.36. The van der Waals surface area contributed by atoms with Crippen molar-refractivity contribution < 1.29 is 14.3 Å². The molecular weight excluding hydrogens is 294 g/mol. The van der Waals surface area contributed by atoms with Gasteiger partial charge in [0.1, 0.15) is 5.75 Å². The third-order valence-electron chi connectivity index (χ3n) is 4.28. The minimum Gasteiger partial charge on any atom is -0.493 e. The first kappa shape index (κ1) is 16.1. The van der Waals surface area contributed by atoms with Gasteiger partial charge in [-0.25, -0.2) is 4.79 Å². The van der Waals surface area contributed by atoms with Crippen LogP contribution in [0.15, 0.2) is 24.3 Å². The van der Waals surface area contributed by atoms with Gasteiger partial charge in [0.05, 0.1) is 25.9 Å². The maximum absolute atomic E-state index is 12.3. The molecule has 126 valence electrons. The highest BCUT2D eigenvalue weighted by Crippen LogP contribution is 2.31. The molecule has 3 rings (SSSR count). The van der Waals surface area contributed by atoms with E-state index in [1.54, 1.807) is 0 Å². The number of nitrogens with zero attached hydrogens (tertiary/aromatic N) is 1. The van der Waals surface area contributed by atoms with Crippen LogP contribution < -0.4 is 15.4 Å². The number of benzene rings is 1. The van der Waals surface area contributed by atoms with Crippen molar-refractivity contribution in [1.82, 2.24) is 15.5 Å². The highest BCUT2D eigenvalue weighted by molar-refractivity contribution is 5.75. The first-order chi connectivity index (χ1) is 11.2. The van der Waals surface area contributed by atoms with Crippen molar-refractivity contribution in [2.24, 2.45) is 0 Å². The van der Waals surface area contributed by atoms with Crippen LogP contribution in [0.1, 0.15) is 24.9 Å². The Morgan fingerprint density at radius 1 is 1.30 bits per heavy atom. The number of ether oxygens (including phenoxy) is 2. The summed E-state index contributed by atoms with van der Waals surface area (Å²) in [6, 6.07) is 7.87. The van der Waals surface area contributed by atoms with Crippen molar-refractivity contribution in [3.05, 3.63) is 29.8 Å². The van der Waals surface area contributed by atoms with Gasteiger partial charge in [0.2, 0.25) is 0 Å². The number of urea groups is 1. The molecule has 6 nitrogen and oxygen atoms in total. The highest BCUT2D eigenvalue weighted by atomic mass is 16.5. The molecule has 23 heavy (non-hydrogen) atoms. The normalized spacial score (nSPS) is 22.6. The molecule has 0 saturated carbocycles. The Balaban J connectivity index is 1.49. The fraction of sp³-hybridized carbons (Fsp3) is 0.588. The number of carbonyl (C=O) groups excluding carboxylic acids is 1. The first-order valence-corrected chi connectivity index (χ1v) is 8.31. The molecule has 2 heterocycles. The summed E-state index contributed by atoms with van der Waals surface area (Å²) in [5, 5.41) is 6.10. The molecule has 1 fully saturated rings. The molecule has 1 aromatic rings. The summed E-state index contributed by atoms with van der Waals surface area (Å²) in [6.07, 6.45) is 0.794. The van der Waals surface area contributed by atoms with Crippen molar-refractivity contribution in [3.63, 3.8) is 0 Å². The van der Waals surface area contributed by atoms with Crippen LogP contribution in [-0.2, 0) is 4.74 Å². The van der Waals surface area contributed by atoms with E-state index in [-0.39, 0.29) is 18.1 Å². The number of fused-ring (bicyclic) bond motifs is 1.